The van der Waals surface area contributed by atoms with Crippen LogP contribution in [0.25, 0.3) is 0 Å². The largest absolute Gasteiger partial charge is 0.306 e. The lowest BCUT2D eigenvalue weighted by molar-refractivity contribution is -0.118. The Morgan fingerprint density at radius 2 is 1.90 bits per heavy atom. The fourth-order valence-corrected chi connectivity index (χ4v) is 2.91. The van der Waals surface area contributed by atoms with Crippen molar-refractivity contribution in [1.82, 2.24) is 4.98 Å². The van der Waals surface area contributed by atoms with Gasteiger partial charge in [-0.05, 0) is 36.6 Å². The van der Waals surface area contributed by atoms with Gasteiger partial charge in [-0.15, -0.1) is 0 Å². The predicted molar refractivity (Wildman–Crippen MR) is 84.8 cm³/mol. The number of rotatable bonds is 2. The number of aromatic nitrogens is 1. The Hall–Kier alpha value is -1.58. The summed E-state index contributed by atoms with van der Waals surface area (Å²) in [6, 6.07) is 11.3. The van der Waals surface area contributed by atoms with Gasteiger partial charge in [0, 0.05) is 12.1 Å². The van der Waals surface area contributed by atoms with Gasteiger partial charge in [-0.3, -0.25) is 4.79 Å². The molecule has 0 bridgehead atoms. The van der Waals surface area contributed by atoms with Crippen molar-refractivity contribution in [3.05, 3.63) is 57.8 Å². The Kier molecular flexibility index (Phi) is 4.13. The first-order valence-electron chi connectivity index (χ1n) is 6.84. The zero-order valence-corrected chi connectivity index (χ0v) is 12.9. The maximum Gasteiger partial charge on any atom is 0.227 e. The second-order valence-corrected chi connectivity index (χ2v) is 5.82. The van der Waals surface area contributed by atoms with Gasteiger partial charge in [0.25, 0.3) is 0 Å². The highest BCUT2D eigenvalue weighted by Gasteiger charge is 2.23. The number of nitrogens with zero attached hydrogens (tertiary/aromatic N) is 2. The second kappa shape index (κ2) is 6.04. The van der Waals surface area contributed by atoms with Crippen molar-refractivity contribution in [3.63, 3.8) is 0 Å². The average molecular weight is 321 g/mol. The third kappa shape index (κ3) is 3.04. The molecular weight excluding hydrogens is 307 g/mol. The Morgan fingerprint density at radius 1 is 1.10 bits per heavy atom. The Balaban J connectivity index is 2.00. The number of benzene rings is 1. The molecule has 0 N–H and O–H groups in total. The Morgan fingerprint density at radius 3 is 2.76 bits per heavy atom. The SMILES string of the molecule is O=C1CCCc2ccccc2N1Cc1nc(Cl)ccc1Cl. The van der Waals surface area contributed by atoms with Crippen molar-refractivity contribution in [2.75, 3.05) is 4.90 Å². The monoisotopic (exact) mass is 320 g/mol. The van der Waals surface area contributed by atoms with Crippen LogP contribution in [0.1, 0.15) is 24.1 Å². The molecule has 2 aromatic rings. The van der Waals surface area contributed by atoms with E-state index in [1.165, 1.54) is 5.56 Å². The van der Waals surface area contributed by atoms with Gasteiger partial charge >= 0.3 is 0 Å². The van der Waals surface area contributed by atoms with Crippen molar-refractivity contribution in [2.24, 2.45) is 0 Å². The number of aryl methyl sites for hydroxylation is 1. The number of halogens is 2. The van der Waals surface area contributed by atoms with Gasteiger partial charge in [0.1, 0.15) is 5.15 Å². The van der Waals surface area contributed by atoms with Gasteiger partial charge in [0.05, 0.1) is 17.3 Å². The number of para-hydroxylation sites is 1. The van der Waals surface area contributed by atoms with Crippen LogP contribution in [0.4, 0.5) is 5.69 Å². The molecule has 0 unspecified atom stereocenters. The topological polar surface area (TPSA) is 33.2 Å². The molecular formula is C16H14Cl2N2O. The van der Waals surface area contributed by atoms with Crippen molar-refractivity contribution in [3.8, 4) is 0 Å². The van der Waals surface area contributed by atoms with Crippen LogP contribution in [-0.2, 0) is 17.8 Å². The number of pyridine rings is 1. The van der Waals surface area contributed by atoms with Gasteiger partial charge in [-0.25, -0.2) is 4.98 Å². The third-order valence-electron chi connectivity index (χ3n) is 3.61. The average Bonchev–Trinajstić information content (AvgIpc) is 2.63. The first kappa shape index (κ1) is 14.4. The normalized spacial score (nSPS) is 14.8. The molecule has 0 fully saturated rings. The van der Waals surface area contributed by atoms with E-state index in [9.17, 15) is 4.79 Å². The number of hydrogen-bond acceptors (Lipinski definition) is 2. The second-order valence-electron chi connectivity index (χ2n) is 5.02. The van der Waals surface area contributed by atoms with Crippen LogP contribution in [0, 0.1) is 0 Å². The molecule has 108 valence electrons. The molecule has 0 saturated carbocycles. The van der Waals surface area contributed by atoms with Crippen molar-refractivity contribution in [2.45, 2.75) is 25.8 Å². The van der Waals surface area contributed by atoms with Crippen LogP contribution in [-0.4, -0.2) is 10.9 Å². The first-order valence-corrected chi connectivity index (χ1v) is 7.60. The summed E-state index contributed by atoms with van der Waals surface area (Å²) in [5.41, 5.74) is 2.74. The molecule has 1 aromatic heterocycles. The summed E-state index contributed by atoms with van der Waals surface area (Å²) in [6.45, 7) is 0.342. The van der Waals surface area contributed by atoms with E-state index in [1.54, 1.807) is 17.0 Å². The smallest absolute Gasteiger partial charge is 0.227 e. The number of carbonyl (C=O) groups is 1. The van der Waals surface area contributed by atoms with E-state index < -0.39 is 0 Å². The van der Waals surface area contributed by atoms with E-state index in [1.807, 2.05) is 18.2 Å². The summed E-state index contributed by atoms with van der Waals surface area (Å²) in [5, 5.41) is 0.902. The molecule has 3 rings (SSSR count). The lowest BCUT2D eigenvalue weighted by Crippen LogP contribution is -2.30. The van der Waals surface area contributed by atoms with Gasteiger partial charge < -0.3 is 4.90 Å². The van der Waals surface area contributed by atoms with E-state index in [-0.39, 0.29) is 5.91 Å². The van der Waals surface area contributed by atoms with E-state index in [0.29, 0.717) is 28.8 Å². The Labute approximate surface area is 133 Å². The van der Waals surface area contributed by atoms with Crippen LogP contribution in [0.2, 0.25) is 10.2 Å². The molecule has 5 heteroatoms. The highest BCUT2D eigenvalue weighted by atomic mass is 35.5. The first-order chi connectivity index (χ1) is 10.1. The van der Waals surface area contributed by atoms with Gasteiger partial charge in [-0.2, -0.15) is 0 Å². The number of amides is 1. The lowest BCUT2D eigenvalue weighted by Gasteiger charge is -2.23. The quantitative estimate of drug-likeness (QED) is 0.775. The van der Waals surface area contributed by atoms with Crippen LogP contribution in [0.3, 0.4) is 0 Å². The zero-order valence-electron chi connectivity index (χ0n) is 11.4. The highest BCUT2D eigenvalue weighted by molar-refractivity contribution is 6.32. The predicted octanol–water partition coefficient (Wildman–Crippen LogP) is 4.26. The molecule has 0 atom stereocenters. The molecule has 1 aliphatic heterocycles. The molecule has 3 nitrogen and oxygen atoms in total. The summed E-state index contributed by atoms with van der Waals surface area (Å²) in [7, 11) is 0. The van der Waals surface area contributed by atoms with Crippen molar-refractivity contribution in [1.29, 1.82) is 0 Å². The van der Waals surface area contributed by atoms with E-state index in [2.05, 4.69) is 11.1 Å². The summed E-state index contributed by atoms with van der Waals surface area (Å²) >= 11 is 12.1. The molecule has 21 heavy (non-hydrogen) atoms. The molecule has 0 radical (unpaired) electrons. The molecule has 0 saturated heterocycles. The van der Waals surface area contributed by atoms with Crippen LogP contribution < -0.4 is 4.90 Å². The van der Waals surface area contributed by atoms with Gasteiger partial charge in [-0.1, -0.05) is 41.4 Å². The molecule has 2 heterocycles. The fraction of sp³-hybridized carbons (Fsp3) is 0.250. The summed E-state index contributed by atoms with van der Waals surface area (Å²) < 4.78 is 0. The molecule has 0 spiro atoms. The fourth-order valence-electron chi connectivity index (χ4n) is 2.58. The van der Waals surface area contributed by atoms with Crippen LogP contribution >= 0.6 is 23.2 Å². The number of fused-ring (bicyclic) bond motifs is 1. The minimum Gasteiger partial charge on any atom is -0.306 e. The minimum atomic E-state index is 0.0952. The summed E-state index contributed by atoms with van der Waals surface area (Å²) in [6.07, 6.45) is 2.31. The molecule has 1 amide bonds. The van der Waals surface area contributed by atoms with Crippen LogP contribution in [0.5, 0.6) is 0 Å². The lowest BCUT2D eigenvalue weighted by atomic mass is 10.1. The van der Waals surface area contributed by atoms with E-state index in [4.69, 9.17) is 23.2 Å². The number of anilines is 1. The standard InChI is InChI=1S/C16H14Cl2N2O/c17-12-8-9-15(18)19-13(12)10-20-14-6-2-1-4-11(14)5-3-7-16(20)21/h1-2,4,6,8-9H,3,5,7,10H2. The van der Waals surface area contributed by atoms with E-state index >= 15 is 0 Å². The van der Waals surface area contributed by atoms with E-state index in [0.717, 1.165) is 18.5 Å². The van der Waals surface area contributed by atoms with Crippen molar-refractivity contribution < 1.29 is 4.79 Å². The molecule has 1 aromatic carbocycles. The Bertz CT molecular complexity index is 688. The number of carbonyl (C=O) groups excluding carboxylic acids is 1. The van der Waals surface area contributed by atoms with Gasteiger partial charge in [0.2, 0.25) is 5.91 Å². The van der Waals surface area contributed by atoms with Crippen LogP contribution in [0.15, 0.2) is 36.4 Å². The van der Waals surface area contributed by atoms with Crippen molar-refractivity contribution >= 4 is 34.8 Å². The zero-order chi connectivity index (χ0) is 14.8. The summed E-state index contributed by atoms with van der Waals surface area (Å²) in [5.74, 6) is 0.0952. The number of hydrogen-bond donors (Lipinski definition) is 0. The maximum atomic E-state index is 12.4. The molecule has 0 aliphatic carbocycles. The maximum absolute atomic E-state index is 12.4. The minimum absolute atomic E-state index is 0.0952. The third-order valence-corrected chi connectivity index (χ3v) is 4.17. The summed E-state index contributed by atoms with van der Waals surface area (Å²) in [4.78, 5) is 18.4. The molecule has 1 aliphatic rings. The van der Waals surface area contributed by atoms with Gasteiger partial charge in [0.15, 0.2) is 0 Å². The highest BCUT2D eigenvalue weighted by Crippen LogP contribution is 2.29.